The van der Waals surface area contributed by atoms with Gasteiger partial charge < -0.3 is 10.2 Å². The minimum absolute atomic E-state index is 0. The van der Waals surface area contributed by atoms with E-state index in [2.05, 4.69) is 21.1 Å². The molecule has 17 heavy (non-hydrogen) atoms. The molecule has 0 aromatic heterocycles. The van der Waals surface area contributed by atoms with Crippen LogP contribution in [0.25, 0.3) is 4.85 Å². The molecule has 0 aliphatic carbocycles. The van der Waals surface area contributed by atoms with Crippen molar-refractivity contribution in [2.45, 2.75) is 0 Å². The lowest BCUT2D eigenvalue weighted by molar-refractivity contribution is 0.533. The van der Waals surface area contributed by atoms with Crippen molar-refractivity contribution in [1.29, 1.82) is 0 Å². The number of rotatable bonds is 1. The molecule has 0 bridgehead atoms. The van der Waals surface area contributed by atoms with E-state index < -0.39 is 0 Å². The quantitative estimate of drug-likeness (QED) is 0.771. The molecule has 1 aromatic carbocycles. The summed E-state index contributed by atoms with van der Waals surface area (Å²) in [4.78, 5) is 5.98. The molecule has 0 amide bonds. The first kappa shape index (κ1) is 12.2. The molecule has 4 heteroatoms. The molecule has 1 aromatic rings. The first-order chi connectivity index (χ1) is 7.88. The highest BCUT2D eigenvalue weighted by molar-refractivity contribution is 5.85. The molecule has 0 saturated carbocycles. The van der Waals surface area contributed by atoms with E-state index in [1.165, 1.54) is 0 Å². The van der Waals surface area contributed by atoms with Crippen molar-refractivity contribution in [1.82, 2.24) is 5.32 Å². The Bertz CT molecular complexity index is 429. The molecule has 90 valence electrons. The standard InChI is InChI=1S/C13H15N3.ClH/c1-14-12-4-2-3-5-13(12)16-8-10-6-15-7-11(10)9-16;/h2-5,10-11,15H,6-9H2;1H. The van der Waals surface area contributed by atoms with Gasteiger partial charge in [0.1, 0.15) is 0 Å². The largest absolute Gasteiger partial charge is 0.380 e. The van der Waals surface area contributed by atoms with Gasteiger partial charge in [0.15, 0.2) is 0 Å². The maximum absolute atomic E-state index is 7.19. The summed E-state index contributed by atoms with van der Waals surface area (Å²) in [5, 5.41) is 3.44. The number of fused-ring (bicyclic) bond motifs is 1. The van der Waals surface area contributed by atoms with Crippen molar-refractivity contribution in [3.63, 3.8) is 0 Å². The first-order valence-corrected chi connectivity index (χ1v) is 5.80. The summed E-state index contributed by atoms with van der Waals surface area (Å²) in [6.07, 6.45) is 0. The van der Waals surface area contributed by atoms with Crippen molar-refractivity contribution in [2.75, 3.05) is 31.1 Å². The molecule has 2 unspecified atom stereocenters. The van der Waals surface area contributed by atoms with Crippen molar-refractivity contribution in [3.8, 4) is 0 Å². The summed E-state index contributed by atoms with van der Waals surface area (Å²) in [6, 6.07) is 7.95. The summed E-state index contributed by atoms with van der Waals surface area (Å²) in [7, 11) is 0. The highest BCUT2D eigenvalue weighted by Gasteiger charge is 2.36. The highest BCUT2D eigenvalue weighted by atomic mass is 35.5. The van der Waals surface area contributed by atoms with Crippen LogP contribution in [0.2, 0.25) is 0 Å². The average molecular weight is 250 g/mol. The summed E-state index contributed by atoms with van der Waals surface area (Å²) in [5.41, 5.74) is 1.90. The van der Waals surface area contributed by atoms with Gasteiger partial charge in [0.2, 0.25) is 5.69 Å². The molecule has 2 aliphatic heterocycles. The first-order valence-electron chi connectivity index (χ1n) is 5.80. The molecule has 2 saturated heterocycles. The van der Waals surface area contributed by atoms with Gasteiger partial charge in [-0.15, -0.1) is 12.4 Å². The summed E-state index contributed by atoms with van der Waals surface area (Å²) >= 11 is 0. The number of para-hydroxylation sites is 2. The van der Waals surface area contributed by atoms with Gasteiger partial charge in [-0.1, -0.05) is 18.2 Å². The van der Waals surface area contributed by atoms with E-state index in [1.54, 1.807) is 0 Å². The zero-order valence-corrected chi connectivity index (χ0v) is 10.4. The van der Waals surface area contributed by atoms with Crippen molar-refractivity contribution in [2.24, 2.45) is 11.8 Å². The third-order valence-electron chi connectivity index (χ3n) is 3.73. The maximum atomic E-state index is 7.19. The Morgan fingerprint density at radius 1 is 1.18 bits per heavy atom. The van der Waals surface area contributed by atoms with E-state index in [0.717, 1.165) is 49.4 Å². The second-order valence-corrected chi connectivity index (χ2v) is 4.68. The van der Waals surface area contributed by atoms with E-state index in [-0.39, 0.29) is 12.4 Å². The van der Waals surface area contributed by atoms with Crippen LogP contribution >= 0.6 is 12.4 Å². The Hall–Kier alpha value is -1.24. The number of hydrogen-bond donors (Lipinski definition) is 1. The second-order valence-electron chi connectivity index (χ2n) is 4.68. The van der Waals surface area contributed by atoms with Gasteiger partial charge in [-0.05, 0) is 17.9 Å². The van der Waals surface area contributed by atoms with E-state index in [0.29, 0.717) is 0 Å². The van der Waals surface area contributed by atoms with Crippen LogP contribution in [-0.2, 0) is 0 Å². The van der Waals surface area contributed by atoms with Gasteiger partial charge in [-0.3, -0.25) is 0 Å². The smallest absolute Gasteiger partial charge is 0.209 e. The minimum Gasteiger partial charge on any atom is -0.380 e. The molecule has 3 rings (SSSR count). The van der Waals surface area contributed by atoms with E-state index in [4.69, 9.17) is 6.57 Å². The van der Waals surface area contributed by atoms with Gasteiger partial charge in [-0.25, -0.2) is 4.85 Å². The molecule has 0 radical (unpaired) electrons. The lowest BCUT2D eigenvalue weighted by Gasteiger charge is -2.21. The number of benzene rings is 1. The molecule has 2 atom stereocenters. The fourth-order valence-corrected chi connectivity index (χ4v) is 2.88. The van der Waals surface area contributed by atoms with Crippen LogP contribution in [0.3, 0.4) is 0 Å². The predicted molar refractivity (Wildman–Crippen MR) is 72.0 cm³/mol. The van der Waals surface area contributed by atoms with Crippen molar-refractivity contribution >= 4 is 23.8 Å². The molecular weight excluding hydrogens is 234 g/mol. The normalized spacial score (nSPS) is 26.2. The highest BCUT2D eigenvalue weighted by Crippen LogP contribution is 2.35. The Morgan fingerprint density at radius 2 is 1.82 bits per heavy atom. The second kappa shape index (κ2) is 4.95. The van der Waals surface area contributed by atoms with Crippen molar-refractivity contribution in [3.05, 3.63) is 35.7 Å². The molecule has 3 nitrogen and oxygen atoms in total. The Kier molecular flexibility index (Phi) is 3.56. The van der Waals surface area contributed by atoms with Crippen molar-refractivity contribution < 1.29 is 0 Å². The fourth-order valence-electron chi connectivity index (χ4n) is 2.88. The van der Waals surface area contributed by atoms with Gasteiger partial charge >= 0.3 is 0 Å². The Balaban J connectivity index is 0.00000108. The lowest BCUT2D eigenvalue weighted by Crippen LogP contribution is -2.25. The van der Waals surface area contributed by atoms with Gasteiger partial charge in [0, 0.05) is 31.9 Å². The zero-order valence-electron chi connectivity index (χ0n) is 9.60. The predicted octanol–water partition coefficient (Wildman–Crippen LogP) is 2.31. The van der Waals surface area contributed by atoms with Crippen LogP contribution in [0.5, 0.6) is 0 Å². The van der Waals surface area contributed by atoms with Crippen LogP contribution in [0.1, 0.15) is 0 Å². The van der Waals surface area contributed by atoms with Crippen LogP contribution in [0.15, 0.2) is 24.3 Å². The molecular formula is C13H16ClN3. The lowest BCUT2D eigenvalue weighted by atomic mass is 10.0. The van der Waals surface area contributed by atoms with E-state index in [1.807, 2.05) is 18.2 Å². The zero-order chi connectivity index (χ0) is 11.0. The number of anilines is 1. The Morgan fingerprint density at radius 3 is 2.47 bits per heavy atom. The van der Waals surface area contributed by atoms with E-state index >= 15 is 0 Å². The fraction of sp³-hybridized carbons (Fsp3) is 0.462. The monoisotopic (exact) mass is 249 g/mol. The van der Waals surface area contributed by atoms with Crippen LogP contribution < -0.4 is 10.2 Å². The molecule has 0 spiro atoms. The van der Waals surface area contributed by atoms with Crippen LogP contribution in [0, 0.1) is 18.4 Å². The topological polar surface area (TPSA) is 19.6 Å². The third-order valence-corrected chi connectivity index (χ3v) is 3.73. The maximum Gasteiger partial charge on any atom is 0.209 e. The number of halogens is 1. The van der Waals surface area contributed by atoms with Gasteiger partial charge in [0.25, 0.3) is 0 Å². The summed E-state index contributed by atoms with van der Waals surface area (Å²) in [5.74, 6) is 1.55. The molecule has 2 heterocycles. The number of nitrogens with one attached hydrogen (secondary N) is 1. The van der Waals surface area contributed by atoms with E-state index in [9.17, 15) is 0 Å². The molecule has 1 N–H and O–H groups in total. The third kappa shape index (κ3) is 2.11. The van der Waals surface area contributed by atoms with Crippen LogP contribution in [0.4, 0.5) is 11.4 Å². The Labute approximate surface area is 108 Å². The molecule has 2 fully saturated rings. The summed E-state index contributed by atoms with van der Waals surface area (Å²) < 4.78 is 0. The van der Waals surface area contributed by atoms with Gasteiger partial charge in [0.05, 0.1) is 6.57 Å². The van der Waals surface area contributed by atoms with Gasteiger partial charge in [-0.2, -0.15) is 0 Å². The number of nitrogens with zero attached hydrogens (tertiary/aromatic N) is 2. The minimum atomic E-state index is 0. The van der Waals surface area contributed by atoms with Crippen LogP contribution in [-0.4, -0.2) is 26.2 Å². The average Bonchev–Trinajstić information content (AvgIpc) is 2.89. The molecule has 2 aliphatic rings. The summed E-state index contributed by atoms with van der Waals surface area (Å²) in [6.45, 7) is 11.7. The number of hydrogen-bond acceptors (Lipinski definition) is 2. The SMILES string of the molecule is Cl.[C-]#[N+]c1ccccc1N1CC2CNCC2C1.